The van der Waals surface area contributed by atoms with Gasteiger partial charge in [-0.2, -0.15) is 0 Å². The Morgan fingerprint density at radius 1 is 1.55 bits per heavy atom. The van der Waals surface area contributed by atoms with Crippen LogP contribution < -0.4 is 0 Å². The Balaban J connectivity index is 4.19. The highest BCUT2D eigenvalue weighted by molar-refractivity contribution is 14.1. The van der Waals surface area contributed by atoms with Crippen LogP contribution in [0.5, 0.6) is 0 Å². The Labute approximate surface area is 82.0 Å². The SMILES string of the molecule is CC(C)(C)C#CC(I)=CCO. The van der Waals surface area contributed by atoms with Crippen LogP contribution in [-0.4, -0.2) is 11.7 Å². The van der Waals surface area contributed by atoms with Gasteiger partial charge in [0.15, 0.2) is 0 Å². The molecule has 2 heteroatoms. The van der Waals surface area contributed by atoms with Crippen molar-refractivity contribution in [3.63, 3.8) is 0 Å². The van der Waals surface area contributed by atoms with Crippen molar-refractivity contribution in [1.29, 1.82) is 0 Å². The Morgan fingerprint density at radius 2 is 2.09 bits per heavy atom. The first kappa shape index (κ1) is 11.0. The van der Waals surface area contributed by atoms with Crippen molar-refractivity contribution in [1.82, 2.24) is 0 Å². The number of rotatable bonds is 1. The topological polar surface area (TPSA) is 20.2 Å². The molecular formula is C9H13IO. The van der Waals surface area contributed by atoms with Gasteiger partial charge >= 0.3 is 0 Å². The molecule has 0 radical (unpaired) electrons. The molecule has 0 fully saturated rings. The summed E-state index contributed by atoms with van der Waals surface area (Å²) in [6.07, 6.45) is 1.69. The van der Waals surface area contributed by atoms with Gasteiger partial charge in [0.05, 0.1) is 10.2 Å². The van der Waals surface area contributed by atoms with E-state index in [1.54, 1.807) is 6.08 Å². The van der Waals surface area contributed by atoms with Gasteiger partial charge in [-0.3, -0.25) is 0 Å². The third kappa shape index (κ3) is 7.89. The highest BCUT2D eigenvalue weighted by Crippen LogP contribution is 2.12. The fourth-order valence-corrected chi connectivity index (χ4v) is 0.710. The Kier molecular flexibility index (Phi) is 4.78. The van der Waals surface area contributed by atoms with Crippen molar-refractivity contribution in [3.05, 3.63) is 9.66 Å². The minimum atomic E-state index is 0.0414. The molecule has 0 aromatic carbocycles. The standard InChI is InChI=1S/C9H13IO/c1-9(2,3)6-4-8(10)5-7-11/h5,11H,7H2,1-3H3. The lowest BCUT2D eigenvalue weighted by atomic mass is 9.98. The molecule has 0 amide bonds. The molecule has 0 aliphatic heterocycles. The molecule has 0 spiro atoms. The molecule has 0 saturated carbocycles. The second-order valence-electron chi connectivity index (χ2n) is 3.23. The van der Waals surface area contributed by atoms with Gasteiger partial charge in [-0.05, 0) is 49.4 Å². The zero-order chi connectivity index (χ0) is 8.91. The summed E-state index contributed by atoms with van der Waals surface area (Å²) < 4.78 is 0.903. The van der Waals surface area contributed by atoms with Crippen LogP contribution >= 0.6 is 22.6 Å². The van der Waals surface area contributed by atoms with E-state index in [0.29, 0.717) is 0 Å². The van der Waals surface area contributed by atoms with Gasteiger partial charge in [-0.15, -0.1) is 0 Å². The molecule has 0 unspecified atom stereocenters. The van der Waals surface area contributed by atoms with Crippen molar-refractivity contribution >= 4 is 22.6 Å². The zero-order valence-corrected chi connectivity index (χ0v) is 9.27. The van der Waals surface area contributed by atoms with E-state index < -0.39 is 0 Å². The molecule has 0 atom stereocenters. The fraction of sp³-hybridized carbons (Fsp3) is 0.556. The minimum Gasteiger partial charge on any atom is -0.392 e. The van der Waals surface area contributed by atoms with Crippen molar-refractivity contribution in [2.24, 2.45) is 5.41 Å². The van der Waals surface area contributed by atoms with Crippen LogP contribution in [0, 0.1) is 17.3 Å². The summed E-state index contributed by atoms with van der Waals surface area (Å²) >= 11 is 2.11. The number of hydrogen-bond acceptors (Lipinski definition) is 1. The Hall–Kier alpha value is -0.0100. The van der Waals surface area contributed by atoms with Crippen molar-refractivity contribution in [2.45, 2.75) is 20.8 Å². The number of aliphatic hydroxyl groups excluding tert-OH is 1. The third-order valence-corrected chi connectivity index (χ3v) is 1.54. The van der Waals surface area contributed by atoms with Crippen LogP contribution in [0.2, 0.25) is 0 Å². The van der Waals surface area contributed by atoms with Gasteiger partial charge in [0.2, 0.25) is 0 Å². The van der Waals surface area contributed by atoms with E-state index in [1.807, 2.05) is 0 Å². The Morgan fingerprint density at radius 3 is 2.45 bits per heavy atom. The summed E-state index contributed by atoms with van der Waals surface area (Å²) in [4.78, 5) is 0. The van der Waals surface area contributed by atoms with Crippen LogP contribution in [0.1, 0.15) is 20.8 Å². The molecule has 0 heterocycles. The first-order valence-electron chi connectivity index (χ1n) is 3.45. The minimum absolute atomic E-state index is 0.0414. The monoisotopic (exact) mass is 264 g/mol. The van der Waals surface area contributed by atoms with Gasteiger partial charge in [0.1, 0.15) is 0 Å². The Bertz CT molecular complexity index is 200. The molecular weight excluding hydrogens is 251 g/mol. The maximum atomic E-state index is 8.52. The summed E-state index contributed by atoms with van der Waals surface area (Å²) in [5, 5.41) is 8.52. The van der Waals surface area contributed by atoms with Crippen molar-refractivity contribution in [2.75, 3.05) is 6.61 Å². The number of allylic oxidation sites excluding steroid dienone is 1. The van der Waals surface area contributed by atoms with Crippen LogP contribution in [0.3, 0.4) is 0 Å². The third-order valence-electron chi connectivity index (χ3n) is 0.827. The van der Waals surface area contributed by atoms with Crippen LogP contribution in [0.25, 0.3) is 0 Å². The van der Waals surface area contributed by atoms with Crippen molar-refractivity contribution in [3.8, 4) is 11.8 Å². The molecule has 0 rings (SSSR count). The summed E-state index contributed by atoms with van der Waals surface area (Å²) in [5.74, 6) is 6.03. The number of halogens is 1. The summed E-state index contributed by atoms with van der Waals surface area (Å²) in [5.41, 5.74) is 0.0414. The first-order valence-corrected chi connectivity index (χ1v) is 4.53. The van der Waals surface area contributed by atoms with Crippen LogP contribution in [0.15, 0.2) is 9.66 Å². The maximum absolute atomic E-state index is 8.52. The zero-order valence-electron chi connectivity index (χ0n) is 7.11. The smallest absolute Gasteiger partial charge is 0.0631 e. The molecule has 0 aliphatic carbocycles. The van der Waals surface area contributed by atoms with Crippen molar-refractivity contribution < 1.29 is 5.11 Å². The van der Waals surface area contributed by atoms with E-state index in [-0.39, 0.29) is 12.0 Å². The van der Waals surface area contributed by atoms with E-state index in [0.717, 1.165) is 3.58 Å². The molecule has 62 valence electrons. The lowest BCUT2D eigenvalue weighted by Crippen LogP contribution is -1.99. The maximum Gasteiger partial charge on any atom is 0.0631 e. The van der Waals surface area contributed by atoms with Gasteiger partial charge in [-0.1, -0.05) is 11.8 Å². The predicted octanol–water partition coefficient (Wildman–Crippen LogP) is 2.35. The second kappa shape index (κ2) is 4.78. The van der Waals surface area contributed by atoms with E-state index >= 15 is 0 Å². The summed E-state index contributed by atoms with van der Waals surface area (Å²) in [7, 11) is 0. The van der Waals surface area contributed by atoms with Gasteiger partial charge < -0.3 is 5.11 Å². The molecule has 1 N–H and O–H groups in total. The quantitative estimate of drug-likeness (QED) is 0.569. The van der Waals surface area contributed by atoms with Gasteiger partial charge in [0.25, 0.3) is 0 Å². The molecule has 0 bridgehead atoms. The summed E-state index contributed by atoms with van der Waals surface area (Å²) in [6.45, 7) is 6.24. The number of hydrogen-bond donors (Lipinski definition) is 1. The average molecular weight is 264 g/mol. The van der Waals surface area contributed by atoms with Crippen LogP contribution in [0.4, 0.5) is 0 Å². The summed E-state index contributed by atoms with van der Waals surface area (Å²) in [6, 6.07) is 0. The molecule has 0 aromatic heterocycles. The van der Waals surface area contributed by atoms with E-state index in [2.05, 4.69) is 55.2 Å². The molecule has 0 aromatic rings. The average Bonchev–Trinajstić information content (AvgIpc) is 1.83. The lowest BCUT2D eigenvalue weighted by Gasteiger charge is -2.06. The predicted molar refractivity (Wildman–Crippen MR) is 56.4 cm³/mol. The molecule has 1 nitrogen and oxygen atoms in total. The first-order chi connectivity index (χ1) is 4.95. The number of aliphatic hydroxyl groups is 1. The van der Waals surface area contributed by atoms with E-state index in [4.69, 9.17) is 5.11 Å². The molecule has 0 saturated heterocycles. The molecule has 0 aliphatic rings. The van der Waals surface area contributed by atoms with Gasteiger partial charge in [-0.25, -0.2) is 0 Å². The fourth-order valence-electron chi connectivity index (χ4n) is 0.378. The highest BCUT2D eigenvalue weighted by atomic mass is 127. The lowest BCUT2D eigenvalue weighted by molar-refractivity contribution is 0.342. The highest BCUT2D eigenvalue weighted by Gasteiger charge is 2.02. The van der Waals surface area contributed by atoms with E-state index in [1.165, 1.54) is 0 Å². The largest absolute Gasteiger partial charge is 0.392 e. The van der Waals surface area contributed by atoms with E-state index in [9.17, 15) is 0 Å². The molecule has 11 heavy (non-hydrogen) atoms. The van der Waals surface area contributed by atoms with Gasteiger partial charge in [0, 0.05) is 5.41 Å². The normalized spacial score (nSPS) is 12.3. The van der Waals surface area contributed by atoms with Crippen LogP contribution in [-0.2, 0) is 0 Å². The second-order valence-corrected chi connectivity index (χ2v) is 4.40.